The van der Waals surface area contributed by atoms with Crippen molar-refractivity contribution in [1.82, 2.24) is 4.72 Å². The summed E-state index contributed by atoms with van der Waals surface area (Å²) in [5.41, 5.74) is 0. The lowest BCUT2D eigenvalue weighted by Crippen LogP contribution is -2.32. The molecule has 1 rings (SSSR count). The molecule has 0 aliphatic heterocycles. The van der Waals surface area contributed by atoms with Crippen LogP contribution in [-0.4, -0.2) is 14.5 Å². The van der Waals surface area contributed by atoms with Gasteiger partial charge in [-0.25, -0.2) is 21.9 Å². The topological polar surface area (TPSA) is 46.2 Å². The van der Waals surface area contributed by atoms with Crippen LogP contribution in [0.2, 0.25) is 0 Å². The zero-order chi connectivity index (χ0) is 12.3. The first-order valence-electron chi connectivity index (χ1n) is 4.84. The Labute approximate surface area is 93.5 Å². The summed E-state index contributed by atoms with van der Waals surface area (Å²) in [6, 6.07) is 2.07. The first-order chi connectivity index (χ1) is 7.36. The summed E-state index contributed by atoms with van der Waals surface area (Å²) in [5.74, 6) is -1.89. The number of nitrogens with one attached hydrogen (secondary N) is 1. The van der Waals surface area contributed by atoms with E-state index in [2.05, 4.69) is 4.72 Å². The second-order valence-corrected chi connectivity index (χ2v) is 5.19. The van der Waals surface area contributed by atoms with E-state index in [-0.39, 0.29) is 6.04 Å². The van der Waals surface area contributed by atoms with Crippen LogP contribution >= 0.6 is 0 Å². The number of sulfonamides is 1. The summed E-state index contributed by atoms with van der Waals surface area (Å²) in [6.45, 7) is 3.47. The molecule has 1 aromatic carbocycles. The second-order valence-electron chi connectivity index (χ2n) is 3.51. The van der Waals surface area contributed by atoms with E-state index in [1.165, 1.54) is 0 Å². The Bertz CT molecular complexity index is 474. The van der Waals surface area contributed by atoms with Crippen molar-refractivity contribution in [1.29, 1.82) is 0 Å². The quantitative estimate of drug-likeness (QED) is 0.887. The summed E-state index contributed by atoms with van der Waals surface area (Å²) in [7, 11) is -3.91. The molecular weight excluding hydrogens is 236 g/mol. The molecule has 16 heavy (non-hydrogen) atoms. The summed E-state index contributed by atoms with van der Waals surface area (Å²) in [6.07, 6.45) is 0.585. The minimum Gasteiger partial charge on any atom is -0.208 e. The van der Waals surface area contributed by atoms with Gasteiger partial charge >= 0.3 is 0 Å². The van der Waals surface area contributed by atoms with Gasteiger partial charge in [-0.05, 0) is 25.5 Å². The van der Waals surface area contributed by atoms with E-state index >= 15 is 0 Å². The molecule has 0 spiro atoms. The van der Waals surface area contributed by atoms with Crippen LogP contribution in [0, 0.1) is 11.6 Å². The molecule has 1 atom stereocenters. The minimum absolute atomic E-state index is 0.297. The van der Waals surface area contributed by atoms with Crippen molar-refractivity contribution in [3.63, 3.8) is 0 Å². The van der Waals surface area contributed by atoms with E-state index < -0.39 is 26.6 Å². The van der Waals surface area contributed by atoms with Crippen LogP contribution in [0.1, 0.15) is 20.3 Å². The molecule has 1 N–H and O–H groups in total. The normalized spacial score (nSPS) is 13.8. The van der Waals surface area contributed by atoms with Gasteiger partial charge in [-0.1, -0.05) is 6.92 Å². The lowest BCUT2D eigenvalue weighted by Gasteiger charge is -2.12. The largest absolute Gasteiger partial charge is 0.243 e. The van der Waals surface area contributed by atoms with Gasteiger partial charge in [0.05, 0.1) is 0 Å². The fourth-order valence-corrected chi connectivity index (χ4v) is 2.49. The summed E-state index contributed by atoms with van der Waals surface area (Å²) < 4.78 is 51.5. The van der Waals surface area contributed by atoms with Crippen LogP contribution < -0.4 is 4.72 Å². The molecule has 0 unspecified atom stereocenters. The first kappa shape index (κ1) is 13.1. The van der Waals surface area contributed by atoms with Gasteiger partial charge in [0.25, 0.3) is 0 Å². The smallest absolute Gasteiger partial charge is 0.208 e. The first-order valence-corrected chi connectivity index (χ1v) is 6.32. The third-order valence-corrected chi connectivity index (χ3v) is 3.77. The average Bonchev–Trinajstić information content (AvgIpc) is 2.16. The van der Waals surface area contributed by atoms with Crippen LogP contribution in [0.25, 0.3) is 0 Å². The predicted octanol–water partition coefficient (Wildman–Crippen LogP) is 2.04. The van der Waals surface area contributed by atoms with E-state index in [1.54, 1.807) is 13.8 Å². The van der Waals surface area contributed by atoms with Crippen LogP contribution in [0.5, 0.6) is 0 Å². The van der Waals surface area contributed by atoms with Gasteiger partial charge in [-0.15, -0.1) is 0 Å². The zero-order valence-corrected chi connectivity index (χ0v) is 9.81. The maximum atomic E-state index is 13.2. The maximum absolute atomic E-state index is 13.2. The summed E-state index contributed by atoms with van der Waals surface area (Å²) in [4.78, 5) is -0.533. The molecule has 3 nitrogen and oxygen atoms in total. The van der Waals surface area contributed by atoms with Gasteiger partial charge in [0.1, 0.15) is 16.5 Å². The van der Waals surface area contributed by atoms with Gasteiger partial charge in [-0.2, -0.15) is 0 Å². The maximum Gasteiger partial charge on any atom is 0.243 e. The SMILES string of the molecule is CC[C@@H](C)NS(=O)(=O)c1ccc(F)cc1F. The number of rotatable bonds is 4. The van der Waals surface area contributed by atoms with Gasteiger partial charge in [0, 0.05) is 12.1 Å². The summed E-state index contributed by atoms with van der Waals surface area (Å²) in [5, 5.41) is 0. The average molecular weight is 249 g/mol. The van der Waals surface area contributed by atoms with Crippen molar-refractivity contribution in [3.8, 4) is 0 Å². The van der Waals surface area contributed by atoms with Crippen LogP contribution in [-0.2, 0) is 10.0 Å². The van der Waals surface area contributed by atoms with Crippen molar-refractivity contribution >= 4 is 10.0 Å². The van der Waals surface area contributed by atoms with E-state index in [0.29, 0.717) is 12.5 Å². The molecule has 0 aliphatic rings. The number of benzene rings is 1. The highest BCUT2D eigenvalue weighted by molar-refractivity contribution is 7.89. The molecule has 0 fully saturated rings. The highest BCUT2D eigenvalue weighted by Crippen LogP contribution is 2.15. The van der Waals surface area contributed by atoms with Gasteiger partial charge < -0.3 is 0 Å². The molecule has 1 aromatic rings. The molecule has 0 heterocycles. The fourth-order valence-electron chi connectivity index (χ4n) is 1.10. The minimum atomic E-state index is -3.91. The molecule has 6 heteroatoms. The zero-order valence-electron chi connectivity index (χ0n) is 9.00. The Morgan fingerprint density at radius 1 is 1.38 bits per heavy atom. The molecule has 0 saturated heterocycles. The van der Waals surface area contributed by atoms with Crippen molar-refractivity contribution < 1.29 is 17.2 Å². The highest BCUT2D eigenvalue weighted by Gasteiger charge is 2.20. The van der Waals surface area contributed by atoms with Crippen LogP contribution in [0.4, 0.5) is 8.78 Å². The van der Waals surface area contributed by atoms with E-state index in [0.717, 1.165) is 12.1 Å². The third kappa shape index (κ3) is 2.99. The third-order valence-electron chi connectivity index (χ3n) is 2.15. The molecular formula is C10H13F2NO2S. The Kier molecular flexibility index (Phi) is 3.98. The van der Waals surface area contributed by atoms with E-state index in [4.69, 9.17) is 0 Å². The van der Waals surface area contributed by atoms with Crippen molar-refractivity contribution in [3.05, 3.63) is 29.8 Å². The van der Waals surface area contributed by atoms with Crippen molar-refractivity contribution in [2.45, 2.75) is 31.2 Å². The van der Waals surface area contributed by atoms with Gasteiger partial charge in [-0.3, -0.25) is 0 Å². The Morgan fingerprint density at radius 2 is 2.00 bits per heavy atom. The standard InChI is InChI=1S/C10H13F2NO2S/c1-3-7(2)13-16(14,15)10-5-4-8(11)6-9(10)12/h4-7,13H,3H2,1-2H3/t7-/m1/s1. The Hall–Kier alpha value is -1.01. The van der Waals surface area contributed by atoms with Gasteiger partial charge in [0.2, 0.25) is 10.0 Å². The van der Waals surface area contributed by atoms with Gasteiger partial charge in [0.15, 0.2) is 0 Å². The van der Waals surface area contributed by atoms with E-state index in [9.17, 15) is 17.2 Å². The lowest BCUT2D eigenvalue weighted by molar-refractivity contribution is 0.531. The molecule has 0 aliphatic carbocycles. The number of hydrogen-bond acceptors (Lipinski definition) is 2. The monoisotopic (exact) mass is 249 g/mol. The van der Waals surface area contributed by atoms with Crippen LogP contribution in [0.3, 0.4) is 0 Å². The Morgan fingerprint density at radius 3 is 2.50 bits per heavy atom. The molecule has 0 amide bonds. The summed E-state index contributed by atoms with van der Waals surface area (Å²) >= 11 is 0. The second kappa shape index (κ2) is 4.88. The Balaban J connectivity index is 3.08. The lowest BCUT2D eigenvalue weighted by atomic mass is 10.3. The van der Waals surface area contributed by atoms with Crippen LogP contribution in [0.15, 0.2) is 23.1 Å². The van der Waals surface area contributed by atoms with Crippen molar-refractivity contribution in [2.24, 2.45) is 0 Å². The van der Waals surface area contributed by atoms with Crippen molar-refractivity contribution in [2.75, 3.05) is 0 Å². The predicted molar refractivity (Wildman–Crippen MR) is 56.4 cm³/mol. The number of hydrogen-bond donors (Lipinski definition) is 1. The molecule has 0 saturated carbocycles. The highest BCUT2D eigenvalue weighted by atomic mass is 32.2. The molecule has 0 bridgehead atoms. The molecule has 0 radical (unpaired) electrons. The van der Waals surface area contributed by atoms with E-state index in [1.807, 2.05) is 0 Å². The molecule has 90 valence electrons. The number of halogens is 2. The fraction of sp³-hybridized carbons (Fsp3) is 0.400. The molecule has 0 aromatic heterocycles.